The summed E-state index contributed by atoms with van der Waals surface area (Å²) in [6.07, 6.45) is 0.776. The molecule has 0 bridgehead atoms. The number of pyridine rings is 1. The zero-order chi connectivity index (χ0) is 18.8. The molecule has 26 heavy (non-hydrogen) atoms. The average molecular weight is 354 g/mol. The molecule has 0 spiro atoms. The van der Waals surface area contributed by atoms with E-state index in [-0.39, 0.29) is 18.1 Å². The number of aliphatic hydroxyl groups is 1. The van der Waals surface area contributed by atoms with Crippen LogP contribution in [0, 0.1) is 13.8 Å². The van der Waals surface area contributed by atoms with Crippen molar-refractivity contribution in [1.82, 2.24) is 19.9 Å². The Labute approximate surface area is 150 Å². The summed E-state index contributed by atoms with van der Waals surface area (Å²) in [5, 5.41) is 9.81. The number of nitrogens with one attached hydrogen (secondary N) is 2. The number of benzene rings is 1. The number of hydrogen-bond donors (Lipinski definition) is 3. The maximum Gasteiger partial charge on any atom is 0.325 e. The third kappa shape index (κ3) is 3.83. The lowest BCUT2D eigenvalue weighted by molar-refractivity contribution is 0.0630. The minimum Gasteiger partial charge on any atom is -0.392 e. The van der Waals surface area contributed by atoms with E-state index >= 15 is 0 Å². The van der Waals surface area contributed by atoms with Gasteiger partial charge in [-0.3, -0.25) is 9.78 Å². The van der Waals surface area contributed by atoms with Crippen molar-refractivity contribution in [3.63, 3.8) is 0 Å². The van der Waals surface area contributed by atoms with Crippen molar-refractivity contribution in [2.45, 2.75) is 33.4 Å². The highest BCUT2D eigenvalue weighted by Gasteiger charge is 2.19. The molecular formula is C19H22N4O3. The van der Waals surface area contributed by atoms with E-state index in [4.69, 9.17) is 0 Å². The molecule has 7 heteroatoms. The molecule has 3 aromatic rings. The van der Waals surface area contributed by atoms with Crippen LogP contribution >= 0.6 is 0 Å². The molecule has 0 fully saturated rings. The van der Waals surface area contributed by atoms with Crippen LogP contribution < -0.4 is 5.69 Å². The lowest BCUT2D eigenvalue weighted by Gasteiger charge is -2.24. The molecule has 136 valence electrons. The SMILES string of the molecule is Cc1ccc(CN(CC(C)O)C(=O)c2cnc3[nH]c(=O)[nH]c3c2)cc1C. The van der Waals surface area contributed by atoms with Crippen molar-refractivity contribution in [3.05, 3.63) is 63.2 Å². The van der Waals surface area contributed by atoms with E-state index in [1.54, 1.807) is 17.9 Å². The molecule has 3 N–H and O–H groups in total. The van der Waals surface area contributed by atoms with Crippen molar-refractivity contribution in [1.29, 1.82) is 0 Å². The number of fused-ring (bicyclic) bond motifs is 1. The van der Waals surface area contributed by atoms with Crippen molar-refractivity contribution in [3.8, 4) is 0 Å². The molecule has 2 heterocycles. The summed E-state index contributed by atoms with van der Waals surface area (Å²) in [7, 11) is 0. The summed E-state index contributed by atoms with van der Waals surface area (Å²) in [5.74, 6) is -0.249. The molecule has 0 aliphatic carbocycles. The van der Waals surface area contributed by atoms with Crippen LogP contribution in [0.3, 0.4) is 0 Å². The highest BCUT2D eigenvalue weighted by molar-refractivity contribution is 5.96. The number of aromatic nitrogens is 3. The Morgan fingerprint density at radius 1 is 1.23 bits per heavy atom. The highest BCUT2D eigenvalue weighted by atomic mass is 16.3. The number of hydrogen-bond acceptors (Lipinski definition) is 4. The van der Waals surface area contributed by atoms with E-state index in [9.17, 15) is 14.7 Å². The number of carbonyl (C=O) groups excluding carboxylic acids is 1. The van der Waals surface area contributed by atoms with Crippen LogP contribution in [0.1, 0.15) is 34.0 Å². The highest BCUT2D eigenvalue weighted by Crippen LogP contribution is 2.16. The van der Waals surface area contributed by atoms with Crippen LogP contribution in [0.5, 0.6) is 0 Å². The summed E-state index contributed by atoms with van der Waals surface area (Å²) in [5.41, 5.74) is 4.21. The molecule has 1 unspecified atom stereocenters. The Kier molecular flexibility index (Phi) is 4.90. The second kappa shape index (κ2) is 7.13. The summed E-state index contributed by atoms with van der Waals surface area (Å²) in [6.45, 7) is 6.29. The van der Waals surface area contributed by atoms with Gasteiger partial charge >= 0.3 is 5.69 Å². The van der Waals surface area contributed by atoms with Gasteiger partial charge in [0, 0.05) is 19.3 Å². The Morgan fingerprint density at radius 2 is 2.00 bits per heavy atom. The van der Waals surface area contributed by atoms with Crippen LogP contribution in [-0.2, 0) is 6.54 Å². The zero-order valence-corrected chi connectivity index (χ0v) is 15.0. The standard InChI is InChI=1S/C19H22N4O3/c1-11-4-5-14(6-12(11)2)10-23(9-13(3)24)18(25)15-7-16-17(20-8-15)22-19(26)21-16/h4-8,13,24H,9-10H2,1-3H3,(H2,20,21,22,26). The van der Waals surface area contributed by atoms with Gasteiger partial charge in [-0.25, -0.2) is 9.78 Å². The van der Waals surface area contributed by atoms with Gasteiger partial charge in [-0.1, -0.05) is 18.2 Å². The van der Waals surface area contributed by atoms with Crippen molar-refractivity contribution in [2.75, 3.05) is 6.54 Å². The molecule has 1 aromatic carbocycles. The first-order valence-corrected chi connectivity index (χ1v) is 8.45. The lowest BCUT2D eigenvalue weighted by atomic mass is 10.1. The Balaban J connectivity index is 1.90. The molecule has 3 rings (SSSR count). The second-order valence-corrected chi connectivity index (χ2v) is 6.65. The van der Waals surface area contributed by atoms with Crippen LogP contribution in [0.2, 0.25) is 0 Å². The fourth-order valence-electron chi connectivity index (χ4n) is 2.88. The molecule has 1 atom stereocenters. The number of aromatic amines is 2. The summed E-state index contributed by atoms with van der Waals surface area (Å²) in [4.78, 5) is 35.2. The second-order valence-electron chi connectivity index (χ2n) is 6.65. The number of carbonyl (C=O) groups is 1. The van der Waals surface area contributed by atoms with Gasteiger partial charge in [0.05, 0.1) is 17.2 Å². The fraction of sp³-hybridized carbons (Fsp3) is 0.316. The summed E-state index contributed by atoms with van der Waals surface area (Å²) < 4.78 is 0. The van der Waals surface area contributed by atoms with Crippen LogP contribution in [0.4, 0.5) is 0 Å². The van der Waals surface area contributed by atoms with Gasteiger partial charge in [-0.05, 0) is 43.5 Å². The largest absolute Gasteiger partial charge is 0.392 e. The predicted molar refractivity (Wildman–Crippen MR) is 99.1 cm³/mol. The number of nitrogens with zero attached hydrogens (tertiary/aromatic N) is 2. The zero-order valence-electron chi connectivity index (χ0n) is 15.0. The van der Waals surface area contributed by atoms with Crippen molar-refractivity contribution >= 4 is 17.1 Å². The molecule has 1 amide bonds. The topological polar surface area (TPSA) is 102 Å². The minimum absolute atomic E-state index is 0.202. The van der Waals surface area contributed by atoms with E-state index in [2.05, 4.69) is 15.0 Å². The smallest absolute Gasteiger partial charge is 0.325 e. The van der Waals surface area contributed by atoms with E-state index in [0.717, 1.165) is 11.1 Å². The molecule has 2 aromatic heterocycles. The Morgan fingerprint density at radius 3 is 2.69 bits per heavy atom. The van der Waals surface area contributed by atoms with Gasteiger partial charge in [0.2, 0.25) is 0 Å². The number of rotatable bonds is 5. The van der Waals surface area contributed by atoms with Crippen molar-refractivity contribution in [2.24, 2.45) is 0 Å². The Bertz CT molecular complexity index is 1000. The molecule has 7 nitrogen and oxygen atoms in total. The fourth-order valence-corrected chi connectivity index (χ4v) is 2.88. The monoisotopic (exact) mass is 354 g/mol. The van der Waals surface area contributed by atoms with E-state index < -0.39 is 6.10 Å². The molecule has 0 saturated carbocycles. The molecule has 0 aliphatic heterocycles. The van der Waals surface area contributed by atoms with E-state index in [1.807, 2.05) is 32.0 Å². The first kappa shape index (κ1) is 17.9. The molecule has 0 aliphatic rings. The number of imidazole rings is 1. The van der Waals surface area contributed by atoms with Gasteiger partial charge < -0.3 is 15.0 Å². The van der Waals surface area contributed by atoms with E-state index in [0.29, 0.717) is 23.3 Å². The quantitative estimate of drug-likeness (QED) is 0.651. The number of aliphatic hydroxyl groups excluding tert-OH is 1. The van der Waals surface area contributed by atoms with E-state index in [1.165, 1.54) is 11.8 Å². The van der Waals surface area contributed by atoms with Gasteiger partial charge in [0.15, 0.2) is 5.65 Å². The predicted octanol–water partition coefficient (Wildman–Crippen LogP) is 1.89. The average Bonchev–Trinajstić information content (AvgIpc) is 2.95. The third-order valence-corrected chi connectivity index (χ3v) is 4.33. The minimum atomic E-state index is -0.658. The summed E-state index contributed by atoms with van der Waals surface area (Å²) in [6, 6.07) is 7.64. The first-order valence-electron chi connectivity index (χ1n) is 8.45. The maximum absolute atomic E-state index is 13.0. The molecule has 0 saturated heterocycles. The van der Waals surface area contributed by atoms with Gasteiger partial charge in [-0.15, -0.1) is 0 Å². The summed E-state index contributed by atoms with van der Waals surface area (Å²) >= 11 is 0. The van der Waals surface area contributed by atoms with Crippen LogP contribution in [0.15, 0.2) is 35.3 Å². The normalized spacial score (nSPS) is 12.3. The number of amides is 1. The van der Waals surface area contributed by atoms with Crippen LogP contribution in [0.25, 0.3) is 11.2 Å². The maximum atomic E-state index is 13.0. The third-order valence-electron chi connectivity index (χ3n) is 4.33. The first-order chi connectivity index (χ1) is 12.3. The Hall–Kier alpha value is -2.93. The molecule has 0 radical (unpaired) electrons. The van der Waals surface area contributed by atoms with Gasteiger partial charge in [0.1, 0.15) is 0 Å². The molecular weight excluding hydrogens is 332 g/mol. The lowest BCUT2D eigenvalue weighted by Crippen LogP contribution is -2.36. The van der Waals surface area contributed by atoms with Gasteiger partial charge in [-0.2, -0.15) is 0 Å². The van der Waals surface area contributed by atoms with Crippen molar-refractivity contribution < 1.29 is 9.90 Å². The van der Waals surface area contributed by atoms with Gasteiger partial charge in [0.25, 0.3) is 5.91 Å². The number of H-pyrrole nitrogens is 2. The van der Waals surface area contributed by atoms with Crippen LogP contribution in [-0.4, -0.2) is 43.5 Å². The number of aryl methyl sites for hydroxylation is 2.